The van der Waals surface area contributed by atoms with Crippen molar-refractivity contribution in [2.45, 2.75) is 26.4 Å². The van der Waals surface area contributed by atoms with E-state index in [4.69, 9.17) is 16.3 Å². The van der Waals surface area contributed by atoms with Crippen LogP contribution in [0.4, 0.5) is 16.2 Å². The molecule has 2 heterocycles. The van der Waals surface area contributed by atoms with Crippen LogP contribution in [0, 0.1) is 0 Å². The molecule has 1 fully saturated rings. The van der Waals surface area contributed by atoms with Crippen molar-refractivity contribution in [1.29, 1.82) is 0 Å². The molecule has 8 nitrogen and oxygen atoms in total. The zero-order chi connectivity index (χ0) is 25.7. The third-order valence-electron chi connectivity index (χ3n) is 6.03. The highest BCUT2D eigenvalue weighted by Crippen LogP contribution is 2.28. The quantitative estimate of drug-likeness (QED) is 0.456. The van der Waals surface area contributed by atoms with Crippen LogP contribution < -0.4 is 15.0 Å². The molecule has 0 unspecified atom stereocenters. The van der Waals surface area contributed by atoms with E-state index in [9.17, 15) is 9.59 Å². The van der Waals surface area contributed by atoms with Gasteiger partial charge in [0.05, 0.1) is 19.3 Å². The molecule has 190 valence electrons. The van der Waals surface area contributed by atoms with Crippen molar-refractivity contribution in [3.8, 4) is 5.75 Å². The predicted octanol–water partition coefficient (Wildman–Crippen LogP) is 5.21. The Morgan fingerprint density at radius 1 is 1.14 bits per heavy atom. The number of carbonyl (C=O) groups is 2. The third kappa shape index (κ3) is 6.09. The molecule has 0 spiro atoms. The van der Waals surface area contributed by atoms with Crippen molar-refractivity contribution in [3.63, 3.8) is 0 Å². The number of piperazine rings is 1. The molecule has 3 aromatic rings. The Bertz CT molecular complexity index is 1210. The van der Waals surface area contributed by atoms with E-state index in [2.05, 4.69) is 15.2 Å². The van der Waals surface area contributed by atoms with E-state index in [1.54, 1.807) is 41.7 Å². The first kappa shape index (κ1) is 25.8. The lowest BCUT2D eigenvalue weighted by Crippen LogP contribution is -2.49. The van der Waals surface area contributed by atoms with Crippen LogP contribution in [0.5, 0.6) is 5.75 Å². The second kappa shape index (κ2) is 11.6. The SMILES string of the molecule is COc1ccccc1N1CCN(C(=O)c2csc(CN(C(=O)Nc3cccc(Cl)c3)C(C)C)n2)CC1. The smallest absolute Gasteiger partial charge is 0.322 e. The average molecular weight is 528 g/mol. The van der Waals surface area contributed by atoms with Gasteiger partial charge in [-0.2, -0.15) is 0 Å². The highest BCUT2D eigenvalue weighted by atomic mass is 35.5. The van der Waals surface area contributed by atoms with Gasteiger partial charge < -0.3 is 24.8 Å². The number of amides is 3. The molecule has 36 heavy (non-hydrogen) atoms. The molecule has 4 rings (SSSR count). The fourth-order valence-electron chi connectivity index (χ4n) is 4.08. The Morgan fingerprint density at radius 3 is 2.58 bits per heavy atom. The maximum Gasteiger partial charge on any atom is 0.322 e. The number of hydrogen-bond donors (Lipinski definition) is 1. The molecule has 1 aliphatic rings. The standard InChI is InChI=1S/C26H30ClN5O3S/c1-18(2)32(26(34)28-20-8-6-7-19(27)15-20)16-24-29-21(17-36-24)25(33)31-13-11-30(12-14-31)22-9-4-5-10-23(22)35-3/h4-10,15,17-18H,11-14,16H2,1-3H3,(H,28,34). The molecular formula is C26H30ClN5O3S. The Morgan fingerprint density at radius 2 is 1.89 bits per heavy atom. The number of anilines is 2. The molecule has 1 aliphatic heterocycles. The van der Waals surface area contributed by atoms with Gasteiger partial charge in [-0.15, -0.1) is 11.3 Å². The molecule has 1 saturated heterocycles. The predicted molar refractivity (Wildman–Crippen MR) is 144 cm³/mol. The first-order chi connectivity index (χ1) is 17.4. The van der Waals surface area contributed by atoms with E-state index in [1.165, 1.54) is 11.3 Å². The van der Waals surface area contributed by atoms with E-state index in [0.717, 1.165) is 11.4 Å². The maximum atomic E-state index is 13.1. The van der Waals surface area contributed by atoms with Gasteiger partial charge in [0.25, 0.3) is 5.91 Å². The number of methoxy groups -OCH3 is 1. The Balaban J connectivity index is 1.36. The molecule has 0 saturated carbocycles. The van der Waals surface area contributed by atoms with Crippen LogP contribution >= 0.6 is 22.9 Å². The number of thiazole rings is 1. The van der Waals surface area contributed by atoms with Gasteiger partial charge in [0.15, 0.2) is 0 Å². The Kier molecular flexibility index (Phi) is 8.32. The summed E-state index contributed by atoms with van der Waals surface area (Å²) in [5, 5.41) is 5.92. The number of hydrogen-bond acceptors (Lipinski definition) is 6. The number of benzene rings is 2. The van der Waals surface area contributed by atoms with Gasteiger partial charge in [0.1, 0.15) is 16.5 Å². The molecule has 10 heteroatoms. The zero-order valence-corrected chi connectivity index (χ0v) is 22.2. The van der Waals surface area contributed by atoms with Gasteiger partial charge in [-0.1, -0.05) is 29.8 Å². The minimum atomic E-state index is -0.247. The van der Waals surface area contributed by atoms with Crippen LogP contribution in [0.1, 0.15) is 29.3 Å². The summed E-state index contributed by atoms with van der Waals surface area (Å²) in [4.78, 5) is 36.3. The number of rotatable bonds is 7. The molecule has 2 aromatic carbocycles. The number of carbonyl (C=O) groups excluding carboxylic acids is 2. The van der Waals surface area contributed by atoms with Crippen molar-refractivity contribution in [1.82, 2.24) is 14.8 Å². The number of para-hydroxylation sites is 2. The summed E-state index contributed by atoms with van der Waals surface area (Å²) in [6.45, 7) is 6.83. The van der Waals surface area contributed by atoms with Crippen molar-refractivity contribution in [2.75, 3.05) is 43.5 Å². The largest absolute Gasteiger partial charge is 0.495 e. The lowest BCUT2D eigenvalue weighted by molar-refractivity contribution is 0.0741. The van der Waals surface area contributed by atoms with Gasteiger partial charge in [-0.05, 0) is 44.2 Å². The van der Waals surface area contributed by atoms with E-state index in [-0.39, 0.29) is 18.0 Å². The fraction of sp³-hybridized carbons (Fsp3) is 0.346. The second-order valence-electron chi connectivity index (χ2n) is 8.74. The van der Waals surface area contributed by atoms with Crippen LogP contribution in [0.25, 0.3) is 0 Å². The van der Waals surface area contributed by atoms with E-state index in [0.29, 0.717) is 54.1 Å². The monoisotopic (exact) mass is 527 g/mol. The topological polar surface area (TPSA) is 78.0 Å². The molecule has 1 aromatic heterocycles. The summed E-state index contributed by atoms with van der Waals surface area (Å²) in [5.41, 5.74) is 2.08. The van der Waals surface area contributed by atoms with Gasteiger partial charge in [-0.3, -0.25) is 4.79 Å². The number of urea groups is 1. The van der Waals surface area contributed by atoms with Gasteiger partial charge in [-0.25, -0.2) is 9.78 Å². The van der Waals surface area contributed by atoms with Crippen molar-refractivity contribution in [3.05, 3.63) is 69.6 Å². The number of halogens is 1. The van der Waals surface area contributed by atoms with Crippen molar-refractivity contribution >= 4 is 46.3 Å². The van der Waals surface area contributed by atoms with Gasteiger partial charge in [0.2, 0.25) is 0 Å². The lowest BCUT2D eigenvalue weighted by atomic mass is 10.2. The summed E-state index contributed by atoms with van der Waals surface area (Å²) in [6, 6.07) is 14.6. The molecule has 0 radical (unpaired) electrons. The molecular weight excluding hydrogens is 498 g/mol. The Labute approximate surface area is 220 Å². The van der Waals surface area contributed by atoms with Crippen LogP contribution in [0.2, 0.25) is 5.02 Å². The first-order valence-electron chi connectivity index (χ1n) is 11.8. The van der Waals surface area contributed by atoms with Gasteiger partial charge >= 0.3 is 6.03 Å². The van der Waals surface area contributed by atoms with E-state index in [1.807, 2.05) is 43.0 Å². The number of nitrogens with one attached hydrogen (secondary N) is 1. The van der Waals surface area contributed by atoms with Gasteiger partial charge in [0, 0.05) is 48.3 Å². The zero-order valence-electron chi connectivity index (χ0n) is 20.6. The fourth-order valence-corrected chi connectivity index (χ4v) is 5.04. The molecule has 0 aliphatic carbocycles. The molecule has 3 amide bonds. The van der Waals surface area contributed by atoms with E-state index < -0.39 is 0 Å². The number of nitrogens with zero attached hydrogens (tertiary/aromatic N) is 4. The minimum absolute atomic E-state index is 0.0599. The minimum Gasteiger partial charge on any atom is -0.495 e. The lowest BCUT2D eigenvalue weighted by Gasteiger charge is -2.36. The summed E-state index contributed by atoms with van der Waals surface area (Å²) in [5.74, 6) is 0.743. The summed E-state index contributed by atoms with van der Waals surface area (Å²) in [6.07, 6.45) is 0. The van der Waals surface area contributed by atoms with E-state index >= 15 is 0 Å². The summed E-state index contributed by atoms with van der Waals surface area (Å²) in [7, 11) is 1.67. The second-order valence-corrected chi connectivity index (χ2v) is 10.1. The highest BCUT2D eigenvalue weighted by Gasteiger charge is 2.26. The number of aromatic nitrogens is 1. The molecule has 0 bridgehead atoms. The normalized spacial score (nSPS) is 13.6. The molecule has 0 atom stereocenters. The third-order valence-corrected chi connectivity index (χ3v) is 7.10. The first-order valence-corrected chi connectivity index (χ1v) is 13.1. The summed E-state index contributed by atoms with van der Waals surface area (Å²) >= 11 is 7.42. The van der Waals surface area contributed by atoms with Crippen molar-refractivity contribution < 1.29 is 14.3 Å². The highest BCUT2D eigenvalue weighted by molar-refractivity contribution is 7.09. The summed E-state index contributed by atoms with van der Waals surface area (Å²) < 4.78 is 5.48. The maximum absolute atomic E-state index is 13.1. The van der Waals surface area contributed by atoms with Crippen molar-refractivity contribution in [2.24, 2.45) is 0 Å². The number of ether oxygens (including phenoxy) is 1. The molecule has 1 N–H and O–H groups in total. The van der Waals surface area contributed by atoms with Crippen LogP contribution in [-0.2, 0) is 6.54 Å². The Hall–Kier alpha value is -3.30. The van der Waals surface area contributed by atoms with Crippen LogP contribution in [-0.4, -0.2) is 66.1 Å². The van der Waals surface area contributed by atoms with Crippen LogP contribution in [0.3, 0.4) is 0 Å². The van der Waals surface area contributed by atoms with Crippen LogP contribution in [0.15, 0.2) is 53.9 Å². The average Bonchev–Trinajstić information content (AvgIpc) is 3.35.